The molecule has 2 N–H and O–H groups in total. The molecule has 2 atom stereocenters. The van der Waals surface area contributed by atoms with Gasteiger partial charge in [-0.3, -0.25) is 9.36 Å². The summed E-state index contributed by atoms with van der Waals surface area (Å²) in [6, 6.07) is 22.8. The van der Waals surface area contributed by atoms with Crippen molar-refractivity contribution in [3.8, 4) is 5.69 Å². The minimum atomic E-state index is -0.829. The number of aliphatic hydroxyl groups is 1. The largest absolute Gasteiger partial charge is 0.388 e. The second-order valence-electron chi connectivity index (χ2n) is 11.1. The lowest BCUT2D eigenvalue weighted by atomic mass is 9.80. The topological polar surface area (TPSA) is 73.1 Å². The van der Waals surface area contributed by atoms with Crippen LogP contribution >= 0.6 is 0 Å². The van der Waals surface area contributed by atoms with Crippen molar-refractivity contribution >= 4 is 12.1 Å². The Morgan fingerprint density at radius 2 is 1.79 bits per heavy atom. The van der Waals surface area contributed by atoms with E-state index in [1.165, 1.54) is 5.56 Å². The predicted octanol–water partition coefficient (Wildman–Crippen LogP) is 2.16. The summed E-state index contributed by atoms with van der Waals surface area (Å²) < 4.78 is 2.19. The minimum absolute atomic E-state index is 0.00520. The van der Waals surface area contributed by atoms with E-state index in [9.17, 15) is 9.90 Å². The number of para-hydroxylation sites is 1. The fourth-order valence-corrected chi connectivity index (χ4v) is 6.42. The lowest BCUT2D eigenvalue weighted by Gasteiger charge is -2.43. The Morgan fingerprint density at radius 1 is 1.08 bits per heavy atom. The molecule has 6 rings (SSSR count). The molecule has 3 aliphatic heterocycles. The van der Waals surface area contributed by atoms with E-state index in [0.29, 0.717) is 39.1 Å². The highest BCUT2D eigenvalue weighted by molar-refractivity contribution is 5.80. The molecule has 198 valence electrons. The van der Waals surface area contributed by atoms with E-state index < -0.39 is 5.60 Å². The first kappa shape index (κ1) is 24.9. The molecule has 0 spiro atoms. The molecule has 2 fully saturated rings. The number of aromatic nitrogens is 1. The second kappa shape index (κ2) is 10.4. The van der Waals surface area contributed by atoms with Gasteiger partial charge in [0.15, 0.2) is 0 Å². The summed E-state index contributed by atoms with van der Waals surface area (Å²) in [4.78, 5) is 22.6. The van der Waals surface area contributed by atoms with Gasteiger partial charge < -0.3 is 20.2 Å². The van der Waals surface area contributed by atoms with Gasteiger partial charge in [0.1, 0.15) is 12.2 Å². The van der Waals surface area contributed by atoms with Crippen molar-refractivity contribution < 1.29 is 9.90 Å². The van der Waals surface area contributed by atoms with Crippen molar-refractivity contribution in [3.63, 3.8) is 0 Å². The van der Waals surface area contributed by atoms with Gasteiger partial charge in [-0.15, -0.1) is 0 Å². The molecular weight excluding hydrogens is 474 g/mol. The van der Waals surface area contributed by atoms with Crippen LogP contribution in [0.25, 0.3) is 11.9 Å². The standard InChI is InChI=1S/C31H37N5O2/c1-23-18-25-20-34(22-33-29(25)36(23)26-10-6-3-7-11-26)21-31(38)13-16-35(17-14-31)30(37)27-12-15-32-19-28(27)24-8-4-2-5-9-24/h2-11,18,20,27-28,32,38H,12-17,19,21-22H2,1H3/t27-,28+/m1/s1. The Balaban J connectivity index is 1.11. The molecule has 3 aromatic rings. The number of aryl methyl sites for hydroxylation is 1. The summed E-state index contributed by atoms with van der Waals surface area (Å²) >= 11 is 0. The molecule has 0 unspecified atom stereocenters. The number of rotatable bonds is 5. The molecule has 2 saturated heterocycles. The van der Waals surface area contributed by atoms with Crippen molar-refractivity contribution in [1.29, 1.82) is 0 Å². The zero-order valence-corrected chi connectivity index (χ0v) is 22.1. The normalized spacial score (nSPS) is 22.8. The van der Waals surface area contributed by atoms with Crippen molar-refractivity contribution in [3.05, 3.63) is 88.7 Å². The number of nitrogens with one attached hydrogen (secondary N) is 1. The summed E-state index contributed by atoms with van der Waals surface area (Å²) in [5.41, 5.74) is 3.61. The summed E-state index contributed by atoms with van der Waals surface area (Å²) in [7, 11) is 0. The van der Waals surface area contributed by atoms with Gasteiger partial charge in [-0.25, -0.2) is 4.99 Å². The minimum Gasteiger partial charge on any atom is -0.388 e. The highest BCUT2D eigenvalue weighted by atomic mass is 16.3. The zero-order chi connectivity index (χ0) is 26.1. The molecule has 0 saturated carbocycles. The van der Waals surface area contributed by atoms with Crippen LogP contribution in [0.4, 0.5) is 0 Å². The van der Waals surface area contributed by atoms with Crippen LogP contribution in [0.15, 0.2) is 71.7 Å². The van der Waals surface area contributed by atoms with E-state index in [4.69, 9.17) is 4.99 Å². The smallest absolute Gasteiger partial charge is 0.226 e. The lowest BCUT2D eigenvalue weighted by molar-refractivity contribution is -0.141. The van der Waals surface area contributed by atoms with Crippen LogP contribution < -0.4 is 16.0 Å². The Kier molecular flexibility index (Phi) is 6.80. The average molecular weight is 512 g/mol. The highest BCUT2D eigenvalue weighted by Gasteiger charge is 2.39. The number of fused-ring (bicyclic) bond motifs is 1. The molecule has 0 radical (unpaired) electrons. The van der Waals surface area contributed by atoms with E-state index in [2.05, 4.69) is 70.4 Å². The molecule has 3 aliphatic rings. The summed E-state index contributed by atoms with van der Waals surface area (Å²) in [5, 5.41) is 16.0. The van der Waals surface area contributed by atoms with Crippen molar-refractivity contribution in [2.24, 2.45) is 10.9 Å². The number of amides is 1. The molecule has 0 aliphatic carbocycles. The number of hydrogen-bond donors (Lipinski definition) is 2. The Bertz CT molecular complexity index is 1390. The third-order valence-electron chi connectivity index (χ3n) is 8.46. The number of likely N-dealkylation sites (tertiary alicyclic amines) is 1. The summed E-state index contributed by atoms with van der Waals surface area (Å²) in [6.07, 6.45) is 4.15. The van der Waals surface area contributed by atoms with E-state index in [1.807, 2.05) is 29.2 Å². The van der Waals surface area contributed by atoms with Gasteiger partial charge in [0, 0.05) is 60.8 Å². The molecule has 2 aromatic carbocycles. The number of benzene rings is 2. The van der Waals surface area contributed by atoms with E-state index in [0.717, 1.165) is 41.6 Å². The number of carbonyl (C=O) groups excluding carboxylic acids is 1. The fourth-order valence-electron chi connectivity index (χ4n) is 6.42. The molecule has 0 bridgehead atoms. The van der Waals surface area contributed by atoms with Crippen LogP contribution in [0.3, 0.4) is 0 Å². The fraction of sp³-hybridized carbons (Fsp3) is 0.419. The number of β-amino-alcohol motifs (C(OH)–C–C–N with tert-alkyl or cyclic N) is 1. The van der Waals surface area contributed by atoms with Gasteiger partial charge in [-0.05, 0) is 56.5 Å². The zero-order valence-electron chi connectivity index (χ0n) is 22.1. The Hall–Kier alpha value is -3.42. The molecule has 1 aromatic heterocycles. The van der Waals surface area contributed by atoms with E-state index >= 15 is 0 Å². The van der Waals surface area contributed by atoms with Crippen LogP contribution in [0.5, 0.6) is 0 Å². The van der Waals surface area contributed by atoms with Gasteiger partial charge >= 0.3 is 0 Å². The summed E-state index contributed by atoms with van der Waals surface area (Å²) in [6.45, 7) is 6.04. The van der Waals surface area contributed by atoms with Crippen molar-refractivity contribution in [2.45, 2.75) is 37.7 Å². The molecule has 1 amide bonds. The Morgan fingerprint density at radius 3 is 2.53 bits per heavy atom. The van der Waals surface area contributed by atoms with Crippen LogP contribution in [0, 0.1) is 12.8 Å². The number of piperidine rings is 2. The number of nitrogens with zero attached hydrogens (tertiary/aromatic N) is 4. The maximum atomic E-state index is 13.6. The molecule has 7 heteroatoms. The van der Waals surface area contributed by atoms with Gasteiger partial charge in [-0.1, -0.05) is 48.5 Å². The third kappa shape index (κ3) is 4.88. The van der Waals surface area contributed by atoms with Crippen LogP contribution in [-0.4, -0.2) is 70.4 Å². The van der Waals surface area contributed by atoms with Crippen LogP contribution in [-0.2, 0) is 4.79 Å². The first-order valence-corrected chi connectivity index (χ1v) is 13.8. The van der Waals surface area contributed by atoms with Gasteiger partial charge in [0.25, 0.3) is 0 Å². The maximum Gasteiger partial charge on any atom is 0.226 e. The number of hydrogen-bond acceptors (Lipinski definition) is 5. The molecule has 4 heterocycles. The van der Waals surface area contributed by atoms with E-state index in [1.54, 1.807) is 0 Å². The third-order valence-corrected chi connectivity index (χ3v) is 8.46. The van der Waals surface area contributed by atoms with Crippen molar-refractivity contribution in [1.82, 2.24) is 19.7 Å². The number of carbonyl (C=O) groups is 1. The molecule has 7 nitrogen and oxygen atoms in total. The second-order valence-corrected chi connectivity index (χ2v) is 11.1. The molecule has 38 heavy (non-hydrogen) atoms. The monoisotopic (exact) mass is 511 g/mol. The predicted molar refractivity (Wildman–Crippen MR) is 148 cm³/mol. The SMILES string of the molecule is Cc1cc2c(n1-c1ccccc1)=NCN(CC1(O)CCN(C(=O)[C@@H]3CCNC[C@H]3c3ccccc3)CC1)C=2. The quantitative estimate of drug-likeness (QED) is 0.551. The highest BCUT2D eigenvalue weighted by Crippen LogP contribution is 2.33. The van der Waals surface area contributed by atoms with Crippen molar-refractivity contribution in [2.75, 3.05) is 39.4 Å². The van der Waals surface area contributed by atoms with Gasteiger partial charge in [0.05, 0.1) is 5.60 Å². The maximum absolute atomic E-state index is 13.6. The van der Waals surface area contributed by atoms with Gasteiger partial charge in [-0.2, -0.15) is 0 Å². The average Bonchev–Trinajstić information content (AvgIpc) is 3.28. The van der Waals surface area contributed by atoms with Crippen LogP contribution in [0.1, 0.15) is 36.4 Å². The van der Waals surface area contributed by atoms with Crippen LogP contribution in [0.2, 0.25) is 0 Å². The first-order valence-electron chi connectivity index (χ1n) is 13.8. The van der Waals surface area contributed by atoms with E-state index in [-0.39, 0.29) is 17.7 Å². The summed E-state index contributed by atoms with van der Waals surface area (Å²) in [5.74, 6) is 0.433. The van der Waals surface area contributed by atoms with Gasteiger partial charge in [0.2, 0.25) is 5.91 Å². The molecular formula is C31H37N5O2. The first-order chi connectivity index (χ1) is 18.5. The Labute approximate surface area is 224 Å². The lowest BCUT2D eigenvalue weighted by Crippen LogP contribution is -2.54.